The molecule has 0 radical (unpaired) electrons. The summed E-state index contributed by atoms with van der Waals surface area (Å²) in [6.07, 6.45) is 1.37. The second-order valence-corrected chi connectivity index (χ2v) is 8.11. The van der Waals surface area contributed by atoms with Gasteiger partial charge in [-0.3, -0.25) is 19.7 Å². The number of amides is 2. The van der Waals surface area contributed by atoms with Crippen molar-refractivity contribution in [1.82, 2.24) is 15.1 Å². The first-order chi connectivity index (χ1) is 16.3. The SMILES string of the molecule is CN(CCCc1cc(-c2cccc(F)c2)n[nH]1)C(=O)C1=NN(c2ccc(F)cc2)C(C(N)=O)C1. The zero-order valence-electron chi connectivity index (χ0n) is 18.5. The van der Waals surface area contributed by atoms with E-state index in [2.05, 4.69) is 15.3 Å². The molecule has 1 unspecified atom stereocenters. The molecule has 0 aliphatic carbocycles. The first-order valence-corrected chi connectivity index (χ1v) is 10.8. The molecular weight excluding hydrogens is 442 g/mol. The van der Waals surface area contributed by atoms with Gasteiger partial charge in [-0.2, -0.15) is 10.2 Å². The number of hydrogen-bond donors (Lipinski definition) is 2. The molecule has 0 bridgehead atoms. The molecular formula is C24H24F2N6O2. The van der Waals surface area contributed by atoms with Crippen molar-refractivity contribution in [2.24, 2.45) is 10.8 Å². The smallest absolute Gasteiger partial charge is 0.269 e. The van der Waals surface area contributed by atoms with E-state index in [-0.39, 0.29) is 23.9 Å². The van der Waals surface area contributed by atoms with Crippen LogP contribution in [0.15, 0.2) is 59.7 Å². The van der Waals surface area contributed by atoms with Gasteiger partial charge in [-0.25, -0.2) is 8.78 Å². The van der Waals surface area contributed by atoms with Crippen LogP contribution in [0.4, 0.5) is 14.5 Å². The van der Waals surface area contributed by atoms with E-state index in [1.807, 2.05) is 6.07 Å². The van der Waals surface area contributed by atoms with Gasteiger partial charge in [-0.05, 0) is 55.3 Å². The van der Waals surface area contributed by atoms with Crippen molar-refractivity contribution in [3.8, 4) is 11.3 Å². The number of primary amides is 1. The summed E-state index contributed by atoms with van der Waals surface area (Å²) in [4.78, 5) is 26.4. The fraction of sp³-hybridized carbons (Fsp3) is 0.250. The van der Waals surface area contributed by atoms with Crippen molar-refractivity contribution in [1.29, 1.82) is 0 Å². The number of hydrogen-bond acceptors (Lipinski definition) is 5. The lowest BCUT2D eigenvalue weighted by Crippen LogP contribution is -2.40. The summed E-state index contributed by atoms with van der Waals surface area (Å²) in [5, 5.41) is 12.8. The summed E-state index contributed by atoms with van der Waals surface area (Å²) in [7, 11) is 1.66. The highest BCUT2D eigenvalue weighted by molar-refractivity contribution is 6.40. The second-order valence-electron chi connectivity index (χ2n) is 8.11. The van der Waals surface area contributed by atoms with Gasteiger partial charge in [0.1, 0.15) is 23.4 Å². The van der Waals surface area contributed by atoms with Gasteiger partial charge < -0.3 is 10.6 Å². The fourth-order valence-electron chi connectivity index (χ4n) is 3.81. The Labute approximate surface area is 195 Å². The molecule has 8 nitrogen and oxygen atoms in total. The standard InChI is InChI=1S/C24H24F2N6O2/c1-31(11-3-6-18-13-20(29-28-18)15-4-2-5-17(26)12-15)24(34)21-14-22(23(27)33)32(30-21)19-9-7-16(25)8-10-19/h2,4-5,7-10,12-13,22H,3,6,11,14H2,1H3,(H2,27,33)(H,28,29). The molecule has 4 rings (SSSR count). The van der Waals surface area contributed by atoms with E-state index in [0.717, 1.165) is 5.69 Å². The van der Waals surface area contributed by atoms with Crippen LogP contribution in [0, 0.1) is 11.6 Å². The molecule has 0 saturated carbocycles. The quantitative estimate of drug-likeness (QED) is 0.532. The van der Waals surface area contributed by atoms with Crippen molar-refractivity contribution in [3.63, 3.8) is 0 Å². The molecule has 2 heterocycles. The summed E-state index contributed by atoms with van der Waals surface area (Å²) in [5.74, 6) is -1.67. The number of H-pyrrole nitrogens is 1. The molecule has 1 aliphatic heterocycles. The van der Waals surface area contributed by atoms with Crippen LogP contribution in [0.1, 0.15) is 18.5 Å². The third kappa shape index (κ3) is 5.11. The molecule has 34 heavy (non-hydrogen) atoms. The maximum Gasteiger partial charge on any atom is 0.269 e. The molecule has 0 spiro atoms. The lowest BCUT2D eigenvalue weighted by atomic mass is 10.1. The molecule has 0 saturated heterocycles. The maximum absolute atomic E-state index is 13.4. The van der Waals surface area contributed by atoms with Gasteiger partial charge >= 0.3 is 0 Å². The number of aromatic nitrogens is 2. The first-order valence-electron chi connectivity index (χ1n) is 10.8. The largest absolute Gasteiger partial charge is 0.368 e. The molecule has 10 heteroatoms. The Morgan fingerprint density at radius 3 is 2.62 bits per heavy atom. The number of halogens is 2. The van der Waals surface area contributed by atoms with Crippen LogP contribution in [0.25, 0.3) is 11.3 Å². The van der Waals surface area contributed by atoms with E-state index in [0.29, 0.717) is 36.3 Å². The van der Waals surface area contributed by atoms with Crippen LogP contribution < -0.4 is 10.7 Å². The highest BCUT2D eigenvalue weighted by Crippen LogP contribution is 2.25. The van der Waals surface area contributed by atoms with E-state index in [1.54, 1.807) is 19.2 Å². The van der Waals surface area contributed by atoms with Crippen LogP contribution >= 0.6 is 0 Å². The van der Waals surface area contributed by atoms with Gasteiger partial charge in [0.15, 0.2) is 0 Å². The van der Waals surface area contributed by atoms with Crippen LogP contribution in [-0.2, 0) is 16.0 Å². The normalized spacial score (nSPS) is 15.3. The Bertz CT molecular complexity index is 1220. The molecule has 2 aromatic carbocycles. The van der Waals surface area contributed by atoms with Gasteiger partial charge in [0, 0.05) is 31.3 Å². The van der Waals surface area contributed by atoms with Crippen LogP contribution in [0.3, 0.4) is 0 Å². The van der Waals surface area contributed by atoms with Gasteiger partial charge in [0.25, 0.3) is 5.91 Å². The highest BCUT2D eigenvalue weighted by atomic mass is 19.1. The number of hydrazone groups is 1. The van der Waals surface area contributed by atoms with Gasteiger partial charge in [0.05, 0.1) is 11.4 Å². The minimum absolute atomic E-state index is 0.0768. The monoisotopic (exact) mass is 466 g/mol. The van der Waals surface area contributed by atoms with E-state index in [4.69, 9.17) is 5.73 Å². The van der Waals surface area contributed by atoms with Crippen molar-refractivity contribution in [3.05, 3.63) is 71.9 Å². The van der Waals surface area contributed by atoms with Crippen LogP contribution in [0.2, 0.25) is 0 Å². The number of aryl methyl sites for hydroxylation is 1. The molecule has 0 fully saturated rings. The summed E-state index contributed by atoms with van der Waals surface area (Å²) >= 11 is 0. The summed E-state index contributed by atoms with van der Waals surface area (Å²) in [5.41, 5.74) is 8.40. The number of anilines is 1. The lowest BCUT2D eigenvalue weighted by Gasteiger charge is -2.20. The van der Waals surface area contributed by atoms with Crippen molar-refractivity contribution in [2.45, 2.75) is 25.3 Å². The third-order valence-corrected chi connectivity index (χ3v) is 5.61. The average Bonchev–Trinajstić information content (AvgIpc) is 3.47. The Morgan fingerprint density at radius 2 is 1.91 bits per heavy atom. The first kappa shape index (κ1) is 23.1. The number of nitrogens with one attached hydrogen (secondary N) is 1. The van der Waals surface area contributed by atoms with Crippen molar-refractivity contribution < 1.29 is 18.4 Å². The number of benzene rings is 2. The Kier molecular flexibility index (Phi) is 6.67. The molecule has 3 aromatic rings. The van der Waals surface area contributed by atoms with Gasteiger partial charge in [0.2, 0.25) is 5.91 Å². The van der Waals surface area contributed by atoms with Gasteiger partial charge in [-0.1, -0.05) is 12.1 Å². The Balaban J connectivity index is 1.35. The van der Waals surface area contributed by atoms with E-state index in [1.165, 1.54) is 46.3 Å². The number of rotatable bonds is 8. The zero-order chi connectivity index (χ0) is 24.2. The highest BCUT2D eigenvalue weighted by Gasteiger charge is 2.35. The Morgan fingerprint density at radius 1 is 1.15 bits per heavy atom. The molecule has 1 aromatic heterocycles. The molecule has 3 N–H and O–H groups in total. The predicted molar refractivity (Wildman–Crippen MR) is 124 cm³/mol. The topological polar surface area (TPSA) is 108 Å². The van der Waals surface area contributed by atoms with E-state index in [9.17, 15) is 18.4 Å². The molecule has 176 valence electrons. The summed E-state index contributed by atoms with van der Waals surface area (Å²) in [6.45, 7) is 0.448. The van der Waals surface area contributed by atoms with E-state index >= 15 is 0 Å². The van der Waals surface area contributed by atoms with Crippen molar-refractivity contribution in [2.75, 3.05) is 18.6 Å². The number of nitrogens with zero attached hydrogens (tertiary/aromatic N) is 4. The van der Waals surface area contributed by atoms with Gasteiger partial charge in [-0.15, -0.1) is 0 Å². The minimum atomic E-state index is -0.816. The number of aromatic amines is 1. The Hall–Kier alpha value is -4.08. The summed E-state index contributed by atoms with van der Waals surface area (Å²) < 4.78 is 26.7. The van der Waals surface area contributed by atoms with Crippen LogP contribution in [-0.4, -0.2) is 52.3 Å². The molecule has 1 aliphatic rings. The number of carbonyl (C=O) groups excluding carboxylic acids is 2. The van der Waals surface area contributed by atoms with Crippen LogP contribution in [0.5, 0.6) is 0 Å². The average molecular weight is 466 g/mol. The zero-order valence-corrected chi connectivity index (χ0v) is 18.5. The third-order valence-electron chi connectivity index (χ3n) is 5.61. The second kappa shape index (κ2) is 9.82. The number of carbonyl (C=O) groups is 2. The minimum Gasteiger partial charge on any atom is -0.368 e. The predicted octanol–water partition coefficient (Wildman–Crippen LogP) is 2.87. The molecule has 1 atom stereocenters. The number of nitrogens with two attached hydrogens (primary N) is 1. The van der Waals surface area contributed by atoms with Crippen molar-refractivity contribution >= 4 is 23.2 Å². The summed E-state index contributed by atoms with van der Waals surface area (Å²) in [6, 6.07) is 12.7. The van der Waals surface area contributed by atoms with E-state index < -0.39 is 17.8 Å². The maximum atomic E-state index is 13.4. The fourth-order valence-corrected chi connectivity index (χ4v) is 3.81. The molecule has 2 amide bonds. The lowest BCUT2D eigenvalue weighted by molar-refractivity contribution is -0.123.